The summed E-state index contributed by atoms with van der Waals surface area (Å²) < 4.78 is 0.962. The van der Waals surface area contributed by atoms with Crippen molar-refractivity contribution in [2.24, 2.45) is 0 Å². The number of carbonyl (C=O) groups excluding carboxylic acids is 2. The molecular formula is C18H15IN4O2S. The summed E-state index contributed by atoms with van der Waals surface area (Å²) in [5, 5.41) is 14.7. The van der Waals surface area contributed by atoms with E-state index in [4.69, 9.17) is 0 Å². The molecule has 0 saturated heterocycles. The molecule has 0 aliphatic rings. The van der Waals surface area contributed by atoms with Gasteiger partial charge in [0, 0.05) is 9.13 Å². The Balaban J connectivity index is 1.79. The largest absolute Gasteiger partial charge is 0.321 e. The van der Waals surface area contributed by atoms with Gasteiger partial charge in [-0.2, -0.15) is 0 Å². The molecule has 0 unspecified atom stereocenters. The first-order valence-corrected chi connectivity index (χ1v) is 9.76. The molecule has 8 heteroatoms. The Bertz CT molecular complexity index is 958. The van der Waals surface area contributed by atoms with Gasteiger partial charge in [0.2, 0.25) is 5.13 Å². The van der Waals surface area contributed by atoms with Crippen LogP contribution in [0.2, 0.25) is 0 Å². The van der Waals surface area contributed by atoms with Gasteiger partial charge >= 0.3 is 0 Å². The monoisotopic (exact) mass is 478 g/mol. The maximum atomic E-state index is 12.6. The number of amides is 2. The molecule has 0 radical (unpaired) electrons. The number of carbonyl (C=O) groups is 2. The number of aryl methyl sites for hydroxylation is 1. The fourth-order valence-corrected chi connectivity index (χ4v) is 3.44. The highest BCUT2D eigenvalue weighted by Crippen LogP contribution is 2.21. The van der Waals surface area contributed by atoms with E-state index in [0.717, 1.165) is 15.0 Å². The number of hydrogen-bond donors (Lipinski definition) is 2. The van der Waals surface area contributed by atoms with Crippen molar-refractivity contribution < 1.29 is 9.59 Å². The number of rotatable bonds is 5. The van der Waals surface area contributed by atoms with Crippen LogP contribution >= 0.6 is 33.9 Å². The van der Waals surface area contributed by atoms with Crippen LogP contribution in [0.4, 0.5) is 10.8 Å². The summed E-state index contributed by atoms with van der Waals surface area (Å²) in [4.78, 5) is 25.1. The van der Waals surface area contributed by atoms with E-state index in [-0.39, 0.29) is 11.8 Å². The van der Waals surface area contributed by atoms with E-state index in [1.807, 2.05) is 19.1 Å². The zero-order chi connectivity index (χ0) is 18.5. The number of para-hydroxylation sites is 1. The fraction of sp³-hybridized carbons (Fsp3) is 0.111. The molecule has 2 amide bonds. The van der Waals surface area contributed by atoms with Crippen molar-refractivity contribution in [3.8, 4) is 0 Å². The second-order valence-electron chi connectivity index (χ2n) is 5.32. The molecule has 0 spiro atoms. The summed E-state index contributed by atoms with van der Waals surface area (Å²) in [5.74, 6) is -0.615. The van der Waals surface area contributed by atoms with Crippen LogP contribution < -0.4 is 10.6 Å². The Morgan fingerprint density at radius 1 is 1.04 bits per heavy atom. The number of nitrogens with one attached hydrogen (secondary N) is 2. The first-order chi connectivity index (χ1) is 12.6. The van der Waals surface area contributed by atoms with Gasteiger partial charge in [-0.05, 0) is 59.3 Å². The molecule has 6 nitrogen and oxygen atoms in total. The molecular weight excluding hydrogens is 463 g/mol. The minimum absolute atomic E-state index is 0.270. The third-order valence-electron chi connectivity index (χ3n) is 3.50. The molecule has 0 aliphatic heterocycles. The Morgan fingerprint density at radius 3 is 2.58 bits per heavy atom. The van der Waals surface area contributed by atoms with Crippen LogP contribution in [-0.2, 0) is 6.42 Å². The number of hydrogen-bond acceptors (Lipinski definition) is 5. The highest BCUT2D eigenvalue weighted by molar-refractivity contribution is 14.1. The van der Waals surface area contributed by atoms with Gasteiger partial charge in [0.05, 0.1) is 11.3 Å². The van der Waals surface area contributed by atoms with Crippen LogP contribution in [0.3, 0.4) is 0 Å². The van der Waals surface area contributed by atoms with E-state index in [9.17, 15) is 9.59 Å². The second kappa shape index (κ2) is 8.37. The number of benzene rings is 2. The lowest BCUT2D eigenvalue weighted by molar-refractivity contribution is 0.102. The van der Waals surface area contributed by atoms with Gasteiger partial charge in [-0.15, -0.1) is 10.2 Å². The number of aromatic nitrogens is 2. The van der Waals surface area contributed by atoms with Crippen molar-refractivity contribution in [3.63, 3.8) is 0 Å². The maximum Gasteiger partial charge on any atom is 0.259 e. The van der Waals surface area contributed by atoms with Gasteiger partial charge in [0.15, 0.2) is 0 Å². The lowest BCUT2D eigenvalue weighted by Crippen LogP contribution is -2.18. The molecule has 0 saturated carbocycles. The van der Waals surface area contributed by atoms with Gasteiger partial charge in [-0.3, -0.25) is 14.9 Å². The Morgan fingerprint density at radius 2 is 1.85 bits per heavy atom. The number of anilines is 2. The van der Waals surface area contributed by atoms with Crippen LogP contribution in [0.5, 0.6) is 0 Å². The van der Waals surface area contributed by atoms with Crippen LogP contribution in [0.25, 0.3) is 0 Å². The third-order valence-corrected chi connectivity index (χ3v) is 5.15. The first-order valence-electron chi connectivity index (χ1n) is 7.86. The summed E-state index contributed by atoms with van der Waals surface area (Å²) in [6, 6.07) is 14.1. The molecule has 2 aromatic carbocycles. The van der Waals surface area contributed by atoms with Crippen molar-refractivity contribution in [2.45, 2.75) is 13.3 Å². The molecule has 0 bridgehead atoms. The van der Waals surface area contributed by atoms with Crippen LogP contribution in [0, 0.1) is 3.57 Å². The average molecular weight is 478 g/mol. The molecule has 3 rings (SSSR count). The van der Waals surface area contributed by atoms with Crippen LogP contribution in [0.1, 0.15) is 32.6 Å². The molecule has 3 aromatic rings. The van der Waals surface area contributed by atoms with E-state index in [1.165, 1.54) is 11.3 Å². The molecule has 26 heavy (non-hydrogen) atoms. The maximum absolute atomic E-state index is 12.6. The summed E-state index contributed by atoms with van der Waals surface area (Å²) in [6.45, 7) is 1.97. The summed E-state index contributed by atoms with van der Waals surface area (Å²) in [5.41, 5.74) is 1.33. The minimum atomic E-state index is -0.345. The molecule has 0 atom stereocenters. The molecule has 132 valence electrons. The Hall–Kier alpha value is -2.33. The molecule has 0 aliphatic carbocycles. The van der Waals surface area contributed by atoms with E-state index in [0.29, 0.717) is 21.9 Å². The quantitative estimate of drug-likeness (QED) is 0.539. The van der Waals surface area contributed by atoms with E-state index < -0.39 is 0 Å². The van der Waals surface area contributed by atoms with Crippen molar-refractivity contribution >= 4 is 56.6 Å². The summed E-state index contributed by atoms with van der Waals surface area (Å²) >= 11 is 3.48. The molecule has 1 heterocycles. The third kappa shape index (κ3) is 4.44. The topological polar surface area (TPSA) is 84.0 Å². The number of nitrogens with zero attached hydrogens (tertiary/aromatic N) is 2. The normalized spacial score (nSPS) is 10.4. The van der Waals surface area contributed by atoms with Gasteiger partial charge in [0.25, 0.3) is 11.8 Å². The van der Waals surface area contributed by atoms with Gasteiger partial charge in [0.1, 0.15) is 5.01 Å². The van der Waals surface area contributed by atoms with Gasteiger partial charge in [-0.1, -0.05) is 36.5 Å². The zero-order valence-electron chi connectivity index (χ0n) is 13.8. The van der Waals surface area contributed by atoms with E-state index in [2.05, 4.69) is 43.4 Å². The SMILES string of the molecule is CCc1nnc(NC(=O)c2ccccc2NC(=O)c2cccc(I)c2)s1. The fourth-order valence-electron chi connectivity index (χ4n) is 2.23. The lowest BCUT2D eigenvalue weighted by Gasteiger charge is -2.10. The van der Waals surface area contributed by atoms with E-state index >= 15 is 0 Å². The minimum Gasteiger partial charge on any atom is -0.321 e. The lowest BCUT2D eigenvalue weighted by atomic mass is 10.1. The summed E-state index contributed by atoms with van der Waals surface area (Å²) in [7, 11) is 0. The molecule has 0 fully saturated rings. The van der Waals surface area contributed by atoms with Crippen molar-refractivity contribution in [3.05, 3.63) is 68.2 Å². The average Bonchev–Trinajstić information content (AvgIpc) is 3.09. The predicted octanol–water partition coefficient (Wildman–Crippen LogP) is 4.21. The first kappa shape index (κ1) is 18.5. The Kier molecular flexibility index (Phi) is 5.94. The molecule has 2 N–H and O–H groups in total. The van der Waals surface area contributed by atoms with Crippen molar-refractivity contribution in [2.75, 3.05) is 10.6 Å². The number of halogens is 1. The van der Waals surface area contributed by atoms with Crippen molar-refractivity contribution in [1.82, 2.24) is 10.2 Å². The van der Waals surface area contributed by atoms with E-state index in [1.54, 1.807) is 36.4 Å². The van der Waals surface area contributed by atoms with Crippen molar-refractivity contribution in [1.29, 1.82) is 0 Å². The second-order valence-corrected chi connectivity index (χ2v) is 7.63. The van der Waals surface area contributed by atoms with Gasteiger partial charge < -0.3 is 5.32 Å². The standard InChI is InChI=1S/C18H15IN4O2S/c1-2-15-22-23-18(26-15)21-17(25)13-8-3-4-9-14(13)20-16(24)11-6-5-7-12(19)10-11/h3-10H,2H2,1H3,(H,20,24)(H,21,23,25). The highest BCUT2D eigenvalue weighted by atomic mass is 127. The smallest absolute Gasteiger partial charge is 0.259 e. The highest BCUT2D eigenvalue weighted by Gasteiger charge is 2.16. The van der Waals surface area contributed by atoms with Crippen LogP contribution in [-0.4, -0.2) is 22.0 Å². The summed E-state index contributed by atoms with van der Waals surface area (Å²) in [6.07, 6.45) is 0.760. The van der Waals surface area contributed by atoms with Crippen LogP contribution in [0.15, 0.2) is 48.5 Å². The Labute approximate surface area is 168 Å². The molecule has 1 aromatic heterocycles. The predicted molar refractivity (Wildman–Crippen MR) is 111 cm³/mol. The van der Waals surface area contributed by atoms with Gasteiger partial charge in [-0.25, -0.2) is 0 Å². The zero-order valence-corrected chi connectivity index (χ0v) is 16.8.